The Hall–Kier alpha value is -0.610. The van der Waals surface area contributed by atoms with Crippen LogP contribution in [0.5, 0.6) is 0 Å². The Kier molecular flexibility index (Phi) is 6.42. The fraction of sp³-hybridized carbons (Fsp3) is 0.917. The van der Waals surface area contributed by atoms with Crippen molar-refractivity contribution < 1.29 is 4.79 Å². The van der Waals surface area contributed by atoms with Crippen LogP contribution in [-0.4, -0.2) is 49.6 Å². The summed E-state index contributed by atoms with van der Waals surface area (Å²) in [5.74, 6) is 0.171. The van der Waals surface area contributed by atoms with Gasteiger partial charge in [0.05, 0.1) is 0 Å². The highest BCUT2D eigenvalue weighted by molar-refractivity contribution is 5.75. The van der Waals surface area contributed by atoms with Crippen molar-refractivity contribution in [2.45, 2.75) is 39.2 Å². The Balaban J connectivity index is 2.27. The average molecular weight is 227 g/mol. The van der Waals surface area contributed by atoms with E-state index in [2.05, 4.69) is 22.5 Å². The zero-order chi connectivity index (χ0) is 11.8. The highest BCUT2D eigenvalue weighted by Gasteiger charge is 2.19. The molecule has 0 radical (unpaired) electrons. The van der Waals surface area contributed by atoms with Gasteiger partial charge in [-0.2, -0.15) is 0 Å². The number of hydrogen-bond donors (Lipinski definition) is 2. The lowest BCUT2D eigenvalue weighted by Crippen LogP contribution is -2.47. The summed E-state index contributed by atoms with van der Waals surface area (Å²) in [6.07, 6.45) is 3.14. The number of rotatable bonds is 6. The quantitative estimate of drug-likeness (QED) is 0.698. The van der Waals surface area contributed by atoms with Crippen LogP contribution in [0.1, 0.15) is 33.1 Å². The maximum Gasteiger partial charge on any atom is 0.221 e. The molecule has 0 spiro atoms. The first kappa shape index (κ1) is 13.5. The molecule has 1 atom stereocenters. The molecule has 94 valence electrons. The van der Waals surface area contributed by atoms with E-state index in [1.807, 2.05) is 6.92 Å². The third-order valence-electron chi connectivity index (χ3n) is 3.19. The molecule has 1 unspecified atom stereocenters. The molecule has 0 aromatic carbocycles. The molecule has 1 amide bonds. The number of likely N-dealkylation sites (N-methyl/N-ethyl adjacent to an activating group) is 1. The number of carbonyl (C=O) groups excluding carboxylic acids is 1. The SMILES string of the molecule is CCNC(=O)CCN(CC)C1CCCNC1. The Morgan fingerprint density at radius 3 is 2.88 bits per heavy atom. The second-order valence-corrected chi connectivity index (χ2v) is 4.33. The van der Waals surface area contributed by atoms with Gasteiger partial charge in [-0.25, -0.2) is 0 Å². The Morgan fingerprint density at radius 2 is 2.31 bits per heavy atom. The smallest absolute Gasteiger partial charge is 0.221 e. The number of amides is 1. The molecular weight excluding hydrogens is 202 g/mol. The molecule has 1 rings (SSSR count). The van der Waals surface area contributed by atoms with Crippen molar-refractivity contribution in [3.05, 3.63) is 0 Å². The van der Waals surface area contributed by atoms with Gasteiger partial charge in [-0.15, -0.1) is 0 Å². The summed E-state index contributed by atoms with van der Waals surface area (Å²) < 4.78 is 0. The molecule has 0 aromatic rings. The van der Waals surface area contributed by atoms with Crippen LogP contribution in [0.2, 0.25) is 0 Å². The minimum atomic E-state index is 0.171. The second-order valence-electron chi connectivity index (χ2n) is 4.33. The summed E-state index contributed by atoms with van der Waals surface area (Å²) in [4.78, 5) is 13.8. The number of carbonyl (C=O) groups is 1. The van der Waals surface area contributed by atoms with Crippen molar-refractivity contribution in [3.8, 4) is 0 Å². The predicted octanol–water partition coefficient (Wildman–Crippen LogP) is 0.587. The Labute approximate surface area is 98.8 Å². The largest absolute Gasteiger partial charge is 0.356 e. The lowest BCUT2D eigenvalue weighted by molar-refractivity contribution is -0.121. The monoisotopic (exact) mass is 227 g/mol. The summed E-state index contributed by atoms with van der Waals surface area (Å²) in [6.45, 7) is 9.00. The Bertz CT molecular complexity index is 202. The lowest BCUT2D eigenvalue weighted by atomic mass is 10.1. The fourth-order valence-electron chi connectivity index (χ4n) is 2.27. The van der Waals surface area contributed by atoms with Gasteiger partial charge in [0.2, 0.25) is 5.91 Å². The van der Waals surface area contributed by atoms with E-state index < -0.39 is 0 Å². The topological polar surface area (TPSA) is 44.4 Å². The highest BCUT2D eigenvalue weighted by Crippen LogP contribution is 2.10. The van der Waals surface area contributed by atoms with Crippen molar-refractivity contribution in [2.24, 2.45) is 0 Å². The van der Waals surface area contributed by atoms with Crippen LogP contribution in [0, 0.1) is 0 Å². The summed E-state index contributed by atoms with van der Waals surface area (Å²) in [5.41, 5.74) is 0. The van der Waals surface area contributed by atoms with Gasteiger partial charge >= 0.3 is 0 Å². The van der Waals surface area contributed by atoms with E-state index in [-0.39, 0.29) is 5.91 Å². The average Bonchev–Trinajstić information content (AvgIpc) is 2.31. The molecule has 0 aromatic heterocycles. The van der Waals surface area contributed by atoms with Crippen molar-refractivity contribution >= 4 is 5.91 Å². The van der Waals surface area contributed by atoms with Crippen LogP contribution in [0.15, 0.2) is 0 Å². The minimum absolute atomic E-state index is 0.171. The van der Waals surface area contributed by atoms with Crippen LogP contribution in [-0.2, 0) is 4.79 Å². The molecule has 1 aliphatic heterocycles. The van der Waals surface area contributed by atoms with Crippen molar-refractivity contribution in [1.29, 1.82) is 0 Å². The molecule has 4 heteroatoms. The first-order valence-corrected chi connectivity index (χ1v) is 6.49. The highest BCUT2D eigenvalue weighted by atomic mass is 16.1. The molecule has 16 heavy (non-hydrogen) atoms. The first-order valence-electron chi connectivity index (χ1n) is 6.49. The van der Waals surface area contributed by atoms with Crippen LogP contribution in [0.3, 0.4) is 0 Å². The van der Waals surface area contributed by atoms with E-state index in [9.17, 15) is 4.79 Å². The van der Waals surface area contributed by atoms with Gasteiger partial charge in [-0.1, -0.05) is 6.92 Å². The van der Waals surface area contributed by atoms with Gasteiger partial charge in [0.15, 0.2) is 0 Å². The van der Waals surface area contributed by atoms with Crippen LogP contribution in [0.25, 0.3) is 0 Å². The number of nitrogens with zero attached hydrogens (tertiary/aromatic N) is 1. The molecule has 0 saturated carbocycles. The van der Waals surface area contributed by atoms with E-state index in [0.717, 1.165) is 32.7 Å². The van der Waals surface area contributed by atoms with Crippen LogP contribution < -0.4 is 10.6 Å². The van der Waals surface area contributed by atoms with E-state index in [1.165, 1.54) is 12.8 Å². The van der Waals surface area contributed by atoms with Gasteiger partial charge in [0, 0.05) is 32.1 Å². The maximum atomic E-state index is 11.4. The van der Waals surface area contributed by atoms with Gasteiger partial charge in [-0.05, 0) is 32.9 Å². The molecule has 0 aliphatic carbocycles. The van der Waals surface area contributed by atoms with E-state index >= 15 is 0 Å². The zero-order valence-electron chi connectivity index (χ0n) is 10.6. The molecule has 2 N–H and O–H groups in total. The lowest BCUT2D eigenvalue weighted by Gasteiger charge is -2.33. The number of piperidine rings is 1. The summed E-state index contributed by atoms with van der Waals surface area (Å²) >= 11 is 0. The van der Waals surface area contributed by atoms with Crippen molar-refractivity contribution in [1.82, 2.24) is 15.5 Å². The van der Waals surface area contributed by atoms with Crippen LogP contribution >= 0.6 is 0 Å². The number of nitrogens with one attached hydrogen (secondary N) is 2. The fourth-order valence-corrected chi connectivity index (χ4v) is 2.27. The minimum Gasteiger partial charge on any atom is -0.356 e. The van der Waals surface area contributed by atoms with Crippen molar-refractivity contribution in [3.63, 3.8) is 0 Å². The van der Waals surface area contributed by atoms with E-state index in [1.54, 1.807) is 0 Å². The van der Waals surface area contributed by atoms with Gasteiger partial charge < -0.3 is 10.6 Å². The van der Waals surface area contributed by atoms with E-state index in [0.29, 0.717) is 12.5 Å². The molecule has 1 aliphatic rings. The van der Waals surface area contributed by atoms with Gasteiger partial charge in [-0.3, -0.25) is 9.69 Å². The summed E-state index contributed by atoms with van der Waals surface area (Å²) in [6, 6.07) is 0.619. The van der Waals surface area contributed by atoms with E-state index in [4.69, 9.17) is 0 Å². The molecular formula is C12H25N3O. The van der Waals surface area contributed by atoms with Crippen molar-refractivity contribution in [2.75, 3.05) is 32.7 Å². The molecule has 1 saturated heterocycles. The normalized spacial score (nSPS) is 21.1. The number of hydrogen-bond acceptors (Lipinski definition) is 3. The van der Waals surface area contributed by atoms with Gasteiger partial charge in [0.25, 0.3) is 0 Å². The third kappa shape index (κ3) is 4.49. The molecule has 1 fully saturated rings. The second kappa shape index (κ2) is 7.63. The van der Waals surface area contributed by atoms with Crippen LogP contribution in [0.4, 0.5) is 0 Å². The maximum absolute atomic E-state index is 11.4. The third-order valence-corrected chi connectivity index (χ3v) is 3.19. The predicted molar refractivity (Wildman–Crippen MR) is 66.4 cm³/mol. The summed E-state index contributed by atoms with van der Waals surface area (Å²) in [5, 5.41) is 6.27. The standard InChI is InChI=1S/C12H25N3O/c1-3-14-12(16)7-9-15(4-2)11-6-5-8-13-10-11/h11,13H,3-10H2,1-2H3,(H,14,16). The molecule has 0 bridgehead atoms. The molecule has 4 nitrogen and oxygen atoms in total. The van der Waals surface area contributed by atoms with Gasteiger partial charge in [0.1, 0.15) is 0 Å². The Morgan fingerprint density at radius 1 is 1.50 bits per heavy atom. The molecule has 1 heterocycles. The zero-order valence-corrected chi connectivity index (χ0v) is 10.6. The summed E-state index contributed by atoms with van der Waals surface area (Å²) in [7, 11) is 0. The first-order chi connectivity index (χ1) is 7.77.